The molecule has 1 atom stereocenters. The fraction of sp³-hybridized carbons (Fsp3) is 0.500. The second kappa shape index (κ2) is 5.73. The predicted octanol–water partition coefficient (Wildman–Crippen LogP) is 3.10. The van der Waals surface area contributed by atoms with Crippen LogP contribution in [0.3, 0.4) is 0 Å². The molecule has 3 nitrogen and oxygen atoms in total. The number of amides is 1. The Kier molecular flexibility index (Phi) is 4.21. The molecule has 0 saturated carbocycles. The topological polar surface area (TPSA) is 37.4 Å². The molecule has 1 fully saturated rings. The summed E-state index contributed by atoms with van der Waals surface area (Å²) < 4.78 is 13.5. The molecule has 2 rings (SSSR count). The van der Waals surface area contributed by atoms with Crippen molar-refractivity contribution in [1.82, 2.24) is 0 Å². The first-order valence-corrected chi connectivity index (χ1v) is 7.02. The zero-order valence-corrected chi connectivity index (χ0v) is 12.1. The molecule has 108 valence electrons. The summed E-state index contributed by atoms with van der Waals surface area (Å²) in [5, 5.41) is 0. The van der Waals surface area contributed by atoms with Crippen LogP contribution in [0.15, 0.2) is 18.2 Å². The number of ketones is 1. The van der Waals surface area contributed by atoms with Gasteiger partial charge in [0.05, 0.1) is 5.92 Å². The molecule has 4 heteroatoms. The van der Waals surface area contributed by atoms with Gasteiger partial charge in [-0.1, -0.05) is 13.8 Å². The number of carbonyl (C=O) groups excluding carboxylic acids is 2. The number of carbonyl (C=O) groups is 2. The predicted molar refractivity (Wildman–Crippen MR) is 76.1 cm³/mol. The third-order valence-electron chi connectivity index (χ3n) is 3.69. The zero-order valence-electron chi connectivity index (χ0n) is 12.1. The second-order valence-electron chi connectivity index (χ2n) is 5.73. The number of hydrogen-bond donors (Lipinski definition) is 0. The van der Waals surface area contributed by atoms with Gasteiger partial charge in [0.1, 0.15) is 11.6 Å². The van der Waals surface area contributed by atoms with Gasteiger partial charge in [-0.05, 0) is 43.5 Å². The first kappa shape index (κ1) is 14.7. The summed E-state index contributed by atoms with van der Waals surface area (Å²) in [4.78, 5) is 26.1. The lowest BCUT2D eigenvalue weighted by molar-refractivity contribution is -0.135. The highest BCUT2D eigenvalue weighted by Crippen LogP contribution is 2.27. The molecular formula is C16H20FNO2. The lowest BCUT2D eigenvalue weighted by atomic mass is 9.87. The largest absolute Gasteiger partial charge is 0.312 e. The van der Waals surface area contributed by atoms with E-state index in [4.69, 9.17) is 0 Å². The van der Waals surface area contributed by atoms with Crippen LogP contribution in [0.25, 0.3) is 0 Å². The van der Waals surface area contributed by atoms with Crippen LogP contribution in [-0.4, -0.2) is 18.2 Å². The van der Waals surface area contributed by atoms with Crippen molar-refractivity contribution in [1.29, 1.82) is 0 Å². The van der Waals surface area contributed by atoms with Gasteiger partial charge >= 0.3 is 0 Å². The number of hydrogen-bond acceptors (Lipinski definition) is 2. The monoisotopic (exact) mass is 277 g/mol. The average molecular weight is 277 g/mol. The summed E-state index contributed by atoms with van der Waals surface area (Å²) in [5.74, 6) is -1.30. The number of halogens is 1. The number of rotatable bonds is 3. The Morgan fingerprint density at radius 1 is 1.35 bits per heavy atom. The third kappa shape index (κ3) is 2.89. The van der Waals surface area contributed by atoms with E-state index < -0.39 is 5.92 Å². The number of benzene rings is 1. The standard InChI is InChI=1S/C16H20FNO2/c1-10(2)15(19)14-5-4-6-18(16(14)20)13-8-11(3)7-12(17)9-13/h7-10,14H,4-6H2,1-3H3. The van der Waals surface area contributed by atoms with Crippen molar-refractivity contribution in [2.45, 2.75) is 33.6 Å². The Balaban J connectivity index is 2.28. The van der Waals surface area contributed by atoms with Crippen LogP contribution >= 0.6 is 0 Å². The van der Waals surface area contributed by atoms with Crippen molar-refractivity contribution in [2.75, 3.05) is 11.4 Å². The van der Waals surface area contributed by atoms with E-state index in [2.05, 4.69) is 0 Å². The molecule has 1 saturated heterocycles. The minimum absolute atomic E-state index is 0.0205. The lowest BCUT2D eigenvalue weighted by Gasteiger charge is -2.32. The SMILES string of the molecule is Cc1cc(F)cc(N2CCCC(C(=O)C(C)C)C2=O)c1. The maximum Gasteiger partial charge on any atom is 0.237 e. The van der Waals surface area contributed by atoms with Crippen LogP contribution in [0.2, 0.25) is 0 Å². The Hall–Kier alpha value is -1.71. The highest BCUT2D eigenvalue weighted by atomic mass is 19.1. The molecule has 1 unspecified atom stereocenters. The summed E-state index contributed by atoms with van der Waals surface area (Å²) in [6.45, 7) is 5.95. The highest BCUT2D eigenvalue weighted by molar-refractivity contribution is 6.09. The quantitative estimate of drug-likeness (QED) is 0.796. The first-order chi connectivity index (χ1) is 9.40. The van der Waals surface area contributed by atoms with Gasteiger partial charge in [-0.25, -0.2) is 4.39 Å². The van der Waals surface area contributed by atoms with Crippen LogP contribution in [0.5, 0.6) is 0 Å². The molecule has 1 aromatic carbocycles. The van der Waals surface area contributed by atoms with E-state index in [9.17, 15) is 14.0 Å². The highest BCUT2D eigenvalue weighted by Gasteiger charge is 2.35. The molecule has 1 heterocycles. The summed E-state index contributed by atoms with van der Waals surface area (Å²) in [6, 6.07) is 4.56. The van der Waals surface area contributed by atoms with E-state index in [1.165, 1.54) is 12.1 Å². The normalized spacial score (nSPS) is 19.6. The molecule has 0 aliphatic carbocycles. The van der Waals surface area contributed by atoms with E-state index in [-0.39, 0.29) is 23.4 Å². The van der Waals surface area contributed by atoms with Crippen molar-refractivity contribution in [3.05, 3.63) is 29.6 Å². The van der Waals surface area contributed by atoms with Crippen molar-refractivity contribution in [3.63, 3.8) is 0 Å². The maximum atomic E-state index is 13.5. The van der Waals surface area contributed by atoms with Gasteiger partial charge in [0.15, 0.2) is 0 Å². The molecule has 0 bridgehead atoms. The van der Waals surface area contributed by atoms with Gasteiger partial charge in [-0.2, -0.15) is 0 Å². The molecule has 0 N–H and O–H groups in total. The Morgan fingerprint density at radius 2 is 2.05 bits per heavy atom. The Morgan fingerprint density at radius 3 is 2.65 bits per heavy atom. The van der Waals surface area contributed by atoms with Crippen LogP contribution in [0.1, 0.15) is 32.3 Å². The fourth-order valence-corrected chi connectivity index (χ4v) is 2.67. The zero-order chi connectivity index (χ0) is 14.9. The minimum Gasteiger partial charge on any atom is -0.312 e. The van der Waals surface area contributed by atoms with E-state index in [1.54, 1.807) is 31.7 Å². The van der Waals surface area contributed by atoms with Gasteiger partial charge in [0.25, 0.3) is 0 Å². The first-order valence-electron chi connectivity index (χ1n) is 7.02. The van der Waals surface area contributed by atoms with E-state index in [0.29, 0.717) is 18.7 Å². The van der Waals surface area contributed by atoms with Gasteiger partial charge in [-0.3, -0.25) is 9.59 Å². The van der Waals surface area contributed by atoms with Crippen molar-refractivity contribution in [3.8, 4) is 0 Å². The van der Waals surface area contributed by atoms with Gasteiger partial charge in [0, 0.05) is 18.2 Å². The van der Waals surface area contributed by atoms with Gasteiger partial charge in [-0.15, -0.1) is 0 Å². The van der Waals surface area contributed by atoms with Crippen LogP contribution in [0, 0.1) is 24.6 Å². The van der Waals surface area contributed by atoms with Crippen LogP contribution in [0.4, 0.5) is 10.1 Å². The maximum absolute atomic E-state index is 13.5. The summed E-state index contributed by atoms with van der Waals surface area (Å²) >= 11 is 0. The fourth-order valence-electron chi connectivity index (χ4n) is 2.67. The smallest absolute Gasteiger partial charge is 0.237 e. The molecule has 1 aliphatic rings. The molecule has 20 heavy (non-hydrogen) atoms. The number of piperidine rings is 1. The molecule has 1 aliphatic heterocycles. The molecule has 1 aromatic rings. The molecular weight excluding hydrogens is 257 g/mol. The lowest BCUT2D eigenvalue weighted by Crippen LogP contribution is -2.45. The van der Waals surface area contributed by atoms with Gasteiger partial charge < -0.3 is 4.90 Å². The summed E-state index contributed by atoms with van der Waals surface area (Å²) in [6.07, 6.45) is 1.37. The van der Waals surface area contributed by atoms with Crippen LogP contribution in [-0.2, 0) is 9.59 Å². The van der Waals surface area contributed by atoms with E-state index >= 15 is 0 Å². The Bertz CT molecular complexity index is 519. The number of aryl methyl sites for hydroxylation is 1. The molecule has 0 aromatic heterocycles. The van der Waals surface area contributed by atoms with E-state index in [0.717, 1.165) is 12.0 Å². The van der Waals surface area contributed by atoms with Crippen molar-refractivity contribution >= 4 is 17.4 Å². The Labute approximate surface area is 118 Å². The molecule has 1 amide bonds. The molecule has 0 radical (unpaired) electrons. The van der Waals surface area contributed by atoms with Crippen molar-refractivity contribution < 1.29 is 14.0 Å². The van der Waals surface area contributed by atoms with E-state index in [1.807, 2.05) is 0 Å². The number of Topliss-reactive ketones (excluding diaryl/α,β-unsaturated/α-hetero) is 1. The van der Waals surface area contributed by atoms with Gasteiger partial charge in [0.2, 0.25) is 5.91 Å². The summed E-state index contributed by atoms with van der Waals surface area (Å²) in [5.41, 5.74) is 1.32. The molecule has 0 spiro atoms. The van der Waals surface area contributed by atoms with Crippen molar-refractivity contribution in [2.24, 2.45) is 11.8 Å². The van der Waals surface area contributed by atoms with Crippen LogP contribution < -0.4 is 4.90 Å². The summed E-state index contributed by atoms with van der Waals surface area (Å²) in [7, 11) is 0. The minimum atomic E-state index is -0.577. The number of nitrogens with zero attached hydrogens (tertiary/aromatic N) is 1. The third-order valence-corrected chi connectivity index (χ3v) is 3.69. The average Bonchev–Trinajstić information content (AvgIpc) is 2.36. The second-order valence-corrected chi connectivity index (χ2v) is 5.73. The number of anilines is 1.